The Hall–Kier alpha value is -1.29. The molecule has 0 amide bonds. The van der Waals surface area contributed by atoms with Crippen LogP contribution >= 0.6 is 11.6 Å². The second kappa shape index (κ2) is 4.37. The Balaban J connectivity index is 1.48. The first kappa shape index (κ1) is 11.5. The Labute approximate surface area is 117 Å². The molecule has 2 saturated carbocycles. The molecule has 0 saturated heterocycles. The van der Waals surface area contributed by atoms with Crippen molar-refractivity contribution in [1.29, 1.82) is 0 Å². The van der Waals surface area contributed by atoms with Crippen molar-refractivity contribution in [2.75, 3.05) is 11.9 Å². The van der Waals surface area contributed by atoms with Crippen LogP contribution in [0.15, 0.2) is 18.3 Å². The summed E-state index contributed by atoms with van der Waals surface area (Å²) in [5, 5.41) is 8.50. The SMILES string of the molecule is Clc1ccc2nc(NCC(C3CC3)C3CC3)nn2c1. The van der Waals surface area contributed by atoms with E-state index in [1.54, 1.807) is 10.7 Å². The molecule has 19 heavy (non-hydrogen) atoms. The number of anilines is 1. The van der Waals surface area contributed by atoms with Gasteiger partial charge in [-0.2, -0.15) is 4.98 Å². The van der Waals surface area contributed by atoms with Crippen molar-refractivity contribution in [3.05, 3.63) is 23.4 Å². The van der Waals surface area contributed by atoms with Gasteiger partial charge in [0.15, 0.2) is 5.65 Å². The molecule has 2 aromatic rings. The van der Waals surface area contributed by atoms with E-state index in [4.69, 9.17) is 11.6 Å². The normalized spacial score (nSPS) is 19.3. The van der Waals surface area contributed by atoms with Gasteiger partial charge in [0.2, 0.25) is 5.95 Å². The van der Waals surface area contributed by atoms with Gasteiger partial charge in [-0.3, -0.25) is 0 Å². The van der Waals surface area contributed by atoms with Crippen molar-refractivity contribution >= 4 is 23.2 Å². The van der Waals surface area contributed by atoms with Crippen LogP contribution in [-0.2, 0) is 0 Å². The van der Waals surface area contributed by atoms with Crippen molar-refractivity contribution in [3.63, 3.8) is 0 Å². The molecule has 0 atom stereocenters. The molecule has 2 aromatic heterocycles. The van der Waals surface area contributed by atoms with Crippen molar-refractivity contribution in [2.24, 2.45) is 17.8 Å². The largest absolute Gasteiger partial charge is 0.353 e. The zero-order valence-corrected chi connectivity index (χ0v) is 11.5. The molecule has 2 fully saturated rings. The second-order valence-corrected chi connectivity index (χ2v) is 6.24. The first-order valence-corrected chi connectivity index (χ1v) is 7.43. The number of aromatic nitrogens is 3. The molecule has 1 N–H and O–H groups in total. The molecule has 100 valence electrons. The van der Waals surface area contributed by atoms with E-state index in [1.165, 1.54) is 25.7 Å². The van der Waals surface area contributed by atoms with Crippen molar-refractivity contribution in [1.82, 2.24) is 14.6 Å². The summed E-state index contributed by atoms with van der Waals surface area (Å²) >= 11 is 5.95. The maximum atomic E-state index is 5.95. The first-order valence-electron chi connectivity index (χ1n) is 7.05. The van der Waals surface area contributed by atoms with Gasteiger partial charge in [-0.15, -0.1) is 5.10 Å². The average Bonchev–Trinajstić information content (AvgIpc) is 3.28. The summed E-state index contributed by atoms with van der Waals surface area (Å²) in [5.74, 6) is 3.45. The van der Waals surface area contributed by atoms with Gasteiger partial charge in [-0.05, 0) is 55.6 Å². The van der Waals surface area contributed by atoms with Gasteiger partial charge in [0.25, 0.3) is 0 Å². The summed E-state index contributed by atoms with van der Waals surface area (Å²) in [7, 11) is 0. The van der Waals surface area contributed by atoms with Gasteiger partial charge in [-0.25, -0.2) is 4.52 Å². The fourth-order valence-electron chi connectivity index (χ4n) is 2.91. The Kier molecular flexibility index (Phi) is 2.65. The number of hydrogen-bond acceptors (Lipinski definition) is 3. The van der Waals surface area contributed by atoms with Crippen molar-refractivity contribution < 1.29 is 0 Å². The molecule has 0 radical (unpaired) electrons. The lowest BCUT2D eigenvalue weighted by molar-refractivity contribution is 0.427. The summed E-state index contributed by atoms with van der Waals surface area (Å²) in [5.41, 5.74) is 0.835. The van der Waals surface area contributed by atoms with Crippen LogP contribution in [0.25, 0.3) is 5.65 Å². The average molecular weight is 277 g/mol. The Morgan fingerprint density at radius 1 is 1.26 bits per heavy atom. The minimum atomic E-state index is 0.679. The fourth-order valence-corrected chi connectivity index (χ4v) is 3.06. The number of pyridine rings is 1. The lowest BCUT2D eigenvalue weighted by Gasteiger charge is -2.14. The molecule has 0 bridgehead atoms. The third-order valence-corrected chi connectivity index (χ3v) is 4.47. The van der Waals surface area contributed by atoms with Crippen LogP contribution in [0.1, 0.15) is 25.7 Å². The molecular formula is C14H17ClN4. The van der Waals surface area contributed by atoms with Gasteiger partial charge in [0.1, 0.15) is 0 Å². The van der Waals surface area contributed by atoms with E-state index in [9.17, 15) is 0 Å². The fraction of sp³-hybridized carbons (Fsp3) is 0.571. The third kappa shape index (κ3) is 2.41. The predicted octanol–water partition coefficient (Wildman–Crippen LogP) is 3.23. The highest BCUT2D eigenvalue weighted by Gasteiger charge is 2.41. The highest BCUT2D eigenvalue weighted by molar-refractivity contribution is 6.30. The van der Waals surface area contributed by atoms with E-state index in [0.717, 1.165) is 29.9 Å². The molecule has 4 rings (SSSR count). The maximum absolute atomic E-state index is 5.95. The van der Waals surface area contributed by atoms with Crippen LogP contribution in [0.3, 0.4) is 0 Å². The van der Waals surface area contributed by atoms with E-state index in [1.807, 2.05) is 12.1 Å². The summed E-state index contributed by atoms with van der Waals surface area (Å²) in [6, 6.07) is 3.73. The van der Waals surface area contributed by atoms with Crippen LogP contribution in [-0.4, -0.2) is 21.1 Å². The molecule has 0 aromatic carbocycles. The van der Waals surface area contributed by atoms with Crippen LogP contribution in [0.5, 0.6) is 0 Å². The molecule has 5 heteroatoms. The smallest absolute Gasteiger partial charge is 0.243 e. The number of fused-ring (bicyclic) bond motifs is 1. The van der Waals surface area contributed by atoms with Crippen LogP contribution in [0.4, 0.5) is 5.95 Å². The highest BCUT2D eigenvalue weighted by atomic mass is 35.5. The standard InChI is InChI=1S/C14H17ClN4/c15-11-5-6-13-17-14(18-19(13)8-11)16-7-12(9-1-2-9)10-3-4-10/h5-6,8-10,12H,1-4,7H2,(H,16,18). The van der Waals surface area contributed by atoms with Crippen LogP contribution in [0.2, 0.25) is 5.02 Å². The van der Waals surface area contributed by atoms with Gasteiger partial charge in [-0.1, -0.05) is 11.6 Å². The Morgan fingerprint density at radius 3 is 2.68 bits per heavy atom. The lowest BCUT2D eigenvalue weighted by atomic mass is 9.98. The summed E-state index contributed by atoms with van der Waals surface area (Å²) in [6.45, 7) is 1.01. The van der Waals surface area contributed by atoms with Crippen LogP contribution < -0.4 is 5.32 Å². The van der Waals surface area contributed by atoms with Crippen molar-refractivity contribution in [2.45, 2.75) is 25.7 Å². The molecular weight excluding hydrogens is 260 g/mol. The zero-order chi connectivity index (χ0) is 12.8. The predicted molar refractivity (Wildman–Crippen MR) is 75.4 cm³/mol. The zero-order valence-electron chi connectivity index (χ0n) is 10.7. The summed E-state index contributed by atoms with van der Waals surface area (Å²) in [6.07, 6.45) is 7.44. The first-order chi connectivity index (χ1) is 9.29. The lowest BCUT2D eigenvalue weighted by Crippen LogP contribution is -2.18. The molecule has 0 spiro atoms. The maximum Gasteiger partial charge on any atom is 0.243 e. The van der Waals surface area contributed by atoms with Gasteiger partial charge in [0.05, 0.1) is 5.02 Å². The number of halogens is 1. The van der Waals surface area contributed by atoms with Gasteiger partial charge >= 0.3 is 0 Å². The molecule has 2 aliphatic carbocycles. The number of rotatable bonds is 5. The molecule has 0 unspecified atom stereocenters. The third-order valence-electron chi connectivity index (χ3n) is 4.25. The van der Waals surface area contributed by atoms with E-state index < -0.39 is 0 Å². The summed E-state index contributed by atoms with van der Waals surface area (Å²) in [4.78, 5) is 4.47. The molecule has 0 aliphatic heterocycles. The molecule has 2 heterocycles. The monoisotopic (exact) mass is 276 g/mol. The molecule has 4 nitrogen and oxygen atoms in total. The number of hydrogen-bond donors (Lipinski definition) is 1. The Morgan fingerprint density at radius 2 is 2.00 bits per heavy atom. The van der Waals surface area contributed by atoms with Gasteiger partial charge < -0.3 is 5.32 Å². The highest BCUT2D eigenvalue weighted by Crippen LogP contribution is 2.49. The van der Waals surface area contributed by atoms with E-state index >= 15 is 0 Å². The van der Waals surface area contributed by atoms with E-state index in [-0.39, 0.29) is 0 Å². The second-order valence-electron chi connectivity index (χ2n) is 5.81. The topological polar surface area (TPSA) is 42.2 Å². The number of nitrogens with one attached hydrogen (secondary N) is 1. The van der Waals surface area contributed by atoms with E-state index in [0.29, 0.717) is 11.0 Å². The number of nitrogens with zero attached hydrogens (tertiary/aromatic N) is 3. The summed E-state index contributed by atoms with van der Waals surface area (Å²) < 4.78 is 1.73. The minimum absolute atomic E-state index is 0.679. The van der Waals surface area contributed by atoms with Crippen LogP contribution in [0, 0.1) is 17.8 Å². The van der Waals surface area contributed by atoms with Gasteiger partial charge in [0, 0.05) is 12.7 Å². The quantitative estimate of drug-likeness (QED) is 0.912. The van der Waals surface area contributed by atoms with Crippen molar-refractivity contribution in [3.8, 4) is 0 Å². The van der Waals surface area contributed by atoms with E-state index in [2.05, 4.69) is 15.4 Å². The minimum Gasteiger partial charge on any atom is -0.353 e. The Bertz CT molecular complexity index is 589. The molecule has 2 aliphatic rings.